The quantitative estimate of drug-likeness (QED) is 0.162. The molecule has 0 radical (unpaired) electrons. The van der Waals surface area contributed by atoms with Crippen molar-refractivity contribution in [1.29, 1.82) is 0 Å². The van der Waals surface area contributed by atoms with E-state index in [0.717, 1.165) is 16.7 Å². The minimum Gasteiger partial charge on any atom is -0.461 e. The molecule has 4 atom stereocenters. The van der Waals surface area contributed by atoms with Crippen molar-refractivity contribution < 1.29 is 42.1 Å². The van der Waals surface area contributed by atoms with Gasteiger partial charge in [-0.15, -0.1) is 13.2 Å². The van der Waals surface area contributed by atoms with Gasteiger partial charge in [0.25, 0.3) is 0 Å². The van der Waals surface area contributed by atoms with Crippen LogP contribution in [0.15, 0.2) is 76.9 Å². The second-order valence-electron chi connectivity index (χ2n) is 14.4. The molecule has 6 rings (SSSR count). The number of hydrogen-bond donors (Lipinski definition) is 3. The van der Waals surface area contributed by atoms with Crippen molar-refractivity contribution in [2.45, 2.75) is 109 Å². The van der Waals surface area contributed by atoms with Crippen LogP contribution in [0.25, 0.3) is 0 Å². The molecule has 270 valence electrons. The number of nitrogens with zero attached hydrogens (tertiary/aromatic N) is 1. The average Bonchev–Trinajstić information content (AvgIpc) is 3.66. The predicted molar refractivity (Wildman–Crippen MR) is 183 cm³/mol. The van der Waals surface area contributed by atoms with Gasteiger partial charge in [0.15, 0.2) is 5.76 Å². The molecule has 1 saturated carbocycles. The Morgan fingerprint density at radius 2 is 1.84 bits per heavy atom. The van der Waals surface area contributed by atoms with E-state index in [1.807, 2.05) is 45.9 Å². The molecule has 3 aliphatic carbocycles. The number of carbonyl (C=O) groups excluding carboxylic acids is 2. The number of allylic oxidation sites excluding steroid dienone is 2. The van der Waals surface area contributed by atoms with E-state index >= 15 is 0 Å². The van der Waals surface area contributed by atoms with Gasteiger partial charge in [0.2, 0.25) is 5.78 Å². The summed E-state index contributed by atoms with van der Waals surface area (Å²) in [4.78, 5) is 29.1. The first-order valence-electron chi connectivity index (χ1n) is 17.2. The number of furan rings is 1. The molecule has 0 spiro atoms. The number of hydrogen-bond acceptors (Lipinski definition) is 6. The number of aliphatic hydroxyl groups excluding tert-OH is 1. The van der Waals surface area contributed by atoms with Crippen molar-refractivity contribution in [3.05, 3.63) is 101 Å². The Balaban J connectivity index is 1.54. The fraction of sp³-hybridized carbons (Fsp3) is 0.487. The zero-order valence-electron chi connectivity index (χ0n) is 29.1. The summed E-state index contributed by atoms with van der Waals surface area (Å²) in [6.07, 6.45) is 1.93. The molecule has 2 aromatic carbocycles. The molecule has 4 unspecified atom stereocenters. The number of ether oxygens (including phenoxy) is 1. The molecule has 8 nitrogen and oxygen atoms in total. The first-order valence-corrected chi connectivity index (χ1v) is 17.2. The third-order valence-corrected chi connectivity index (χ3v) is 10.3. The SMILES string of the molecule is CC1=CCCC2(C)C(CCC2(O)CN(Cc2ccc(OC(F)(F)F)cc2)C(=O)NC(C)C)c2ccc(cc2C(=O)c2ccco2)CC(O)CC1. The number of aliphatic hydroxyl groups is 2. The maximum absolute atomic E-state index is 13.9. The van der Waals surface area contributed by atoms with Crippen LogP contribution in [0.5, 0.6) is 5.75 Å². The Labute approximate surface area is 291 Å². The van der Waals surface area contributed by atoms with Crippen molar-refractivity contribution in [2.75, 3.05) is 6.54 Å². The molecule has 50 heavy (non-hydrogen) atoms. The first-order chi connectivity index (χ1) is 23.6. The summed E-state index contributed by atoms with van der Waals surface area (Å²) in [5.41, 5.74) is 1.56. The Bertz CT molecular complexity index is 1670. The molecular weight excluding hydrogens is 649 g/mol. The molecule has 2 bridgehead atoms. The van der Waals surface area contributed by atoms with Gasteiger partial charge in [-0.2, -0.15) is 0 Å². The number of fused-ring (bicyclic) bond motifs is 8. The zero-order valence-corrected chi connectivity index (χ0v) is 29.1. The van der Waals surface area contributed by atoms with Crippen LogP contribution >= 0.6 is 0 Å². The molecule has 0 saturated heterocycles. The summed E-state index contributed by atoms with van der Waals surface area (Å²) in [6, 6.07) is 13.7. The molecule has 3 aromatic rings. The van der Waals surface area contributed by atoms with Gasteiger partial charge in [-0.05, 0) is 119 Å². The smallest absolute Gasteiger partial charge is 0.461 e. The van der Waals surface area contributed by atoms with Gasteiger partial charge in [-0.25, -0.2) is 4.79 Å². The van der Waals surface area contributed by atoms with E-state index in [1.54, 1.807) is 12.1 Å². The molecule has 2 amide bonds. The van der Waals surface area contributed by atoms with Crippen molar-refractivity contribution in [1.82, 2.24) is 10.2 Å². The molecule has 3 aliphatic rings. The third-order valence-electron chi connectivity index (χ3n) is 10.3. The van der Waals surface area contributed by atoms with E-state index in [0.29, 0.717) is 56.1 Å². The monoisotopic (exact) mass is 696 g/mol. The fourth-order valence-electron chi connectivity index (χ4n) is 7.61. The highest BCUT2D eigenvalue weighted by atomic mass is 19.4. The summed E-state index contributed by atoms with van der Waals surface area (Å²) in [6.45, 7) is 7.71. The van der Waals surface area contributed by atoms with Crippen LogP contribution < -0.4 is 10.1 Å². The highest BCUT2D eigenvalue weighted by Gasteiger charge is 2.57. The van der Waals surface area contributed by atoms with Gasteiger partial charge in [0.1, 0.15) is 5.75 Å². The molecule has 1 heterocycles. The number of alkyl halides is 3. The number of nitrogens with one attached hydrogen (secondary N) is 1. The normalized spacial score (nSPS) is 24.3. The second kappa shape index (κ2) is 15.0. The van der Waals surface area contributed by atoms with Crippen molar-refractivity contribution in [3.63, 3.8) is 0 Å². The van der Waals surface area contributed by atoms with Crippen LogP contribution in [0.4, 0.5) is 18.0 Å². The lowest BCUT2D eigenvalue weighted by atomic mass is 9.64. The van der Waals surface area contributed by atoms with E-state index in [9.17, 15) is 33.0 Å². The lowest BCUT2D eigenvalue weighted by Crippen LogP contribution is -2.55. The molecule has 1 fully saturated rings. The van der Waals surface area contributed by atoms with Crippen LogP contribution in [-0.4, -0.2) is 57.6 Å². The third kappa shape index (κ3) is 8.61. The number of rotatable bonds is 8. The largest absolute Gasteiger partial charge is 0.573 e. The average molecular weight is 697 g/mol. The summed E-state index contributed by atoms with van der Waals surface area (Å²) in [5, 5.41) is 26.5. The van der Waals surface area contributed by atoms with Crippen LogP contribution in [0.2, 0.25) is 0 Å². The summed E-state index contributed by atoms with van der Waals surface area (Å²) in [7, 11) is 0. The number of urea groups is 1. The van der Waals surface area contributed by atoms with E-state index in [-0.39, 0.29) is 42.3 Å². The van der Waals surface area contributed by atoms with Crippen LogP contribution in [0, 0.1) is 5.41 Å². The van der Waals surface area contributed by atoms with Crippen molar-refractivity contribution in [2.24, 2.45) is 5.41 Å². The highest BCUT2D eigenvalue weighted by molar-refractivity contribution is 6.08. The van der Waals surface area contributed by atoms with Crippen LogP contribution in [0.3, 0.4) is 0 Å². The van der Waals surface area contributed by atoms with Crippen LogP contribution in [0.1, 0.15) is 105 Å². The van der Waals surface area contributed by atoms with Gasteiger partial charge in [-0.1, -0.05) is 42.8 Å². The van der Waals surface area contributed by atoms with Gasteiger partial charge < -0.3 is 29.6 Å². The van der Waals surface area contributed by atoms with E-state index in [2.05, 4.69) is 16.1 Å². The Kier molecular flexibility index (Phi) is 11.2. The van der Waals surface area contributed by atoms with Crippen molar-refractivity contribution >= 4 is 11.8 Å². The number of benzene rings is 2. The number of ketones is 1. The Hall–Kier alpha value is -4.09. The van der Waals surface area contributed by atoms with Crippen LogP contribution in [-0.2, 0) is 13.0 Å². The maximum atomic E-state index is 13.9. The summed E-state index contributed by atoms with van der Waals surface area (Å²) < 4.78 is 47.9. The standard InChI is InChI=1S/C39H47F3N2O6/c1-25(2)43-36(47)44(23-27-10-14-30(15-11-27)50-39(40,41)42)24-38(48)19-17-33-31-16-12-28(22-32(31)35(46)34-8-6-20-49-34)21-29(45)13-9-26(3)7-5-18-37(33,38)4/h6-8,10-12,14-16,20,22,25,29,33,45,48H,5,9,13,17-19,21,23-24H2,1-4H3,(H,43,47). The summed E-state index contributed by atoms with van der Waals surface area (Å²) in [5.74, 6) is -0.724. The Morgan fingerprint density at radius 3 is 2.50 bits per heavy atom. The molecule has 11 heteroatoms. The molecule has 1 aromatic heterocycles. The fourth-order valence-corrected chi connectivity index (χ4v) is 7.61. The number of halogens is 3. The van der Waals surface area contributed by atoms with Gasteiger partial charge in [-0.3, -0.25) is 4.79 Å². The van der Waals surface area contributed by atoms with Crippen molar-refractivity contribution in [3.8, 4) is 5.75 Å². The van der Waals surface area contributed by atoms with Gasteiger partial charge in [0, 0.05) is 23.6 Å². The summed E-state index contributed by atoms with van der Waals surface area (Å²) >= 11 is 0. The number of amides is 2. The van der Waals surface area contributed by atoms with E-state index in [1.165, 1.54) is 35.4 Å². The van der Waals surface area contributed by atoms with E-state index in [4.69, 9.17) is 4.42 Å². The minimum absolute atomic E-state index is 0.0339. The predicted octanol–water partition coefficient (Wildman–Crippen LogP) is 8.07. The van der Waals surface area contributed by atoms with Gasteiger partial charge >= 0.3 is 12.4 Å². The Morgan fingerprint density at radius 1 is 1.10 bits per heavy atom. The first kappa shape index (κ1) is 37.2. The highest BCUT2D eigenvalue weighted by Crippen LogP contribution is 2.59. The van der Waals surface area contributed by atoms with Gasteiger partial charge in [0.05, 0.1) is 24.5 Å². The minimum atomic E-state index is -4.83. The number of carbonyl (C=O) groups is 2. The lowest BCUT2D eigenvalue weighted by molar-refractivity contribution is -0.274. The maximum Gasteiger partial charge on any atom is 0.573 e. The molecule has 0 aliphatic heterocycles. The second-order valence-corrected chi connectivity index (χ2v) is 14.4. The van der Waals surface area contributed by atoms with E-state index < -0.39 is 29.5 Å². The lowest BCUT2D eigenvalue weighted by Gasteiger charge is -2.46. The molecule has 3 N–H and O–H groups in total. The zero-order chi connectivity index (χ0) is 36.3. The molecular formula is C39H47F3N2O6. The topological polar surface area (TPSA) is 112 Å².